The number of carbonyl (C=O) groups is 1. The largest absolute Gasteiger partial charge is 0.450 e. The molecule has 0 aliphatic carbocycles. The van der Waals surface area contributed by atoms with E-state index in [-0.39, 0.29) is 12.5 Å². The van der Waals surface area contributed by atoms with E-state index >= 15 is 0 Å². The number of amides is 1. The lowest BCUT2D eigenvalue weighted by Gasteiger charge is -2.25. The first-order valence-corrected chi connectivity index (χ1v) is 6.41. The molecule has 0 saturated carbocycles. The molecule has 0 bridgehead atoms. The van der Waals surface area contributed by atoms with Crippen LogP contribution in [0.2, 0.25) is 0 Å². The Bertz CT molecular complexity index is 440. The highest BCUT2D eigenvalue weighted by Gasteiger charge is 2.37. The van der Waals surface area contributed by atoms with Gasteiger partial charge in [-0.1, -0.05) is 34.8 Å². The zero-order chi connectivity index (χ0) is 14.5. The van der Waals surface area contributed by atoms with Gasteiger partial charge in [-0.2, -0.15) is 0 Å². The molecule has 1 heterocycles. The average Bonchev–Trinajstić information content (AvgIpc) is 2.27. The SMILES string of the molecule is CCOC(=O)N[C@@H](Oc1cc(C)ncn1)C(Cl)(Cl)Cl. The fourth-order valence-corrected chi connectivity index (χ4v) is 1.37. The molecule has 0 unspecified atom stereocenters. The van der Waals surface area contributed by atoms with Crippen LogP contribution in [-0.2, 0) is 4.74 Å². The van der Waals surface area contributed by atoms with Crippen molar-refractivity contribution in [2.75, 3.05) is 6.61 Å². The quantitative estimate of drug-likeness (QED) is 0.679. The molecule has 0 aromatic carbocycles. The molecule has 6 nitrogen and oxygen atoms in total. The molecule has 19 heavy (non-hydrogen) atoms. The summed E-state index contributed by atoms with van der Waals surface area (Å²) >= 11 is 17.2. The molecule has 9 heteroatoms. The van der Waals surface area contributed by atoms with Crippen LogP contribution >= 0.6 is 34.8 Å². The summed E-state index contributed by atoms with van der Waals surface area (Å²) in [6.45, 7) is 3.58. The molecule has 106 valence electrons. The van der Waals surface area contributed by atoms with Gasteiger partial charge in [0.1, 0.15) is 6.33 Å². The lowest BCUT2D eigenvalue weighted by atomic mass is 10.4. The molecule has 0 aliphatic heterocycles. The molecule has 0 fully saturated rings. The van der Waals surface area contributed by atoms with E-state index in [0.29, 0.717) is 5.69 Å². The van der Waals surface area contributed by atoms with Gasteiger partial charge in [0, 0.05) is 11.8 Å². The molecule has 0 spiro atoms. The van der Waals surface area contributed by atoms with Gasteiger partial charge in [-0.05, 0) is 13.8 Å². The highest BCUT2D eigenvalue weighted by molar-refractivity contribution is 6.68. The van der Waals surface area contributed by atoms with Gasteiger partial charge in [-0.3, -0.25) is 5.32 Å². The summed E-state index contributed by atoms with van der Waals surface area (Å²) in [7, 11) is 0. The molecule has 1 rings (SSSR count). The van der Waals surface area contributed by atoms with Crippen LogP contribution in [0.1, 0.15) is 12.6 Å². The lowest BCUT2D eigenvalue weighted by molar-refractivity contribution is 0.112. The van der Waals surface area contributed by atoms with Gasteiger partial charge in [0.2, 0.25) is 15.9 Å². The van der Waals surface area contributed by atoms with Crippen LogP contribution in [0.3, 0.4) is 0 Å². The number of hydrogen-bond donors (Lipinski definition) is 1. The standard InChI is InChI=1S/C10H12Cl3N3O3/c1-3-18-9(17)16-8(10(11,12)13)19-7-4-6(2)14-5-15-7/h4-5,8H,3H2,1-2H3,(H,16,17)/t8-/m0/s1. The van der Waals surface area contributed by atoms with Gasteiger partial charge in [0.25, 0.3) is 0 Å². The van der Waals surface area contributed by atoms with Crippen LogP contribution in [0, 0.1) is 6.92 Å². The Morgan fingerprint density at radius 3 is 2.68 bits per heavy atom. The minimum Gasteiger partial charge on any atom is -0.450 e. The van der Waals surface area contributed by atoms with Crippen molar-refractivity contribution in [3.63, 3.8) is 0 Å². The highest BCUT2D eigenvalue weighted by Crippen LogP contribution is 2.31. The molecule has 1 N–H and O–H groups in total. The molecular weight excluding hydrogens is 316 g/mol. The number of alkyl halides is 3. The maximum atomic E-state index is 11.3. The molecule has 1 aromatic heterocycles. The van der Waals surface area contributed by atoms with Crippen molar-refractivity contribution in [1.29, 1.82) is 0 Å². The van der Waals surface area contributed by atoms with Gasteiger partial charge in [-0.15, -0.1) is 0 Å². The number of ether oxygens (including phenoxy) is 2. The number of halogens is 3. The monoisotopic (exact) mass is 327 g/mol. The van der Waals surface area contributed by atoms with Crippen LogP contribution in [0.5, 0.6) is 5.88 Å². The fraction of sp³-hybridized carbons (Fsp3) is 0.500. The van der Waals surface area contributed by atoms with Gasteiger partial charge < -0.3 is 9.47 Å². The Morgan fingerprint density at radius 1 is 1.47 bits per heavy atom. The summed E-state index contributed by atoms with van der Waals surface area (Å²) < 4.78 is 8.12. The van der Waals surface area contributed by atoms with Crippen molar-refractivity contribution in [3.05, 3.63) is 18.1 Å². The van der Waals surface area contributed by atoms with Crippen LogP contribution < -0.4 is 10.1 Å². The third-order valence-corrected chi connectivity index (χ3v) is 2.43. The summed E-state index contributed by atoms with van der Waals surface area (Å²) in [5.41, 5.74) is 0.671. The number of rotatable bonds is 4. The van der Waals surface area contributed by atoms with Crippen LogP contribution in [-0.4, -0.2) is 32.7 Å². The molecule has 0 saturated heterocycles. The molecular formula is C10H12Cl3N3O3. The predicted molar refractivity (Wildman–Crippen MR) is 71.6 cm³/mol. The molecule has 1 amide bonds. The van der Waals surface area contributed by atoms with E-state index in [1.807, 2.05) is 0 Å². The number of aromatic nitrogens is 2. The van der Waals surface area contributed by atoms with Crippen molar-refractivity contribution in [2.45, 2.75) is 23.9 Å². The minimum absolute atomic E-state index is 0.167. The van der Waals surface area contributed by atoms with E-state index in [1.165, 1.54) is 12.4 Å². The van der Waals surface area contributed by atoms with Crippen molar-refractivity contribution in [2.24, 2.45) is 0 Å². The minimum atomic E-state index is -1.88. The Hall–Kier alpha value is -0.980. The maximum Gasteiger partial charge on any atom is 0.410 e. The van der Waals surface area contributed by atoms with E-state index in [2.05, 4.69) is 15.3 Å². The van der Waals surface area contributed by atoms with E-state index < -0.39 is 16.1 Å². The molecule has 0 aliphatic rings. The van der Waals surface area contributed by atoms with E-state index in [1.54, 1.807) is 13.8 Å². The Kier molecular flexibility index (Phi) is 5.90. The number of nitrogens with zero attached hydrogens (tertiary/aromatic N) is 2. The number of aryl methyl sites for hydroxylation is 1. The summed E-state index contributed by atoms with van der Waals surface area (Å²) in [5.74, 6) is 0.167. The van der Waals surface area contributed by atoms with Crippen molar-refractivity contribution in [1.82, 2.24) is 15.3 Å². The fourth-order valence-electron chi connectivity index (χ4n) is 1.07. The normalized spacial score (nSPS) is 12.7. The first-order valence-electron chi connectivity index (χ1n) is 5.28. The van der Waals surface area contributed by atoms with E-state index in [0.717, 1.165) is 0 Å². The van der Waals surface area contributed by atoms with Gasteiger partial charge >= 0.3 is 6.09 Å². The third kappa shape index (κ3) is 5.67. The second-order valence-corrected chi connectivity index (χ2v) is 5.77. The first-order chi connectivity index (χ1) is 8.82. The Balaban J connectivity index is 2.78. The third-order valence-electron chi connectivity index (χ3n) is 1.84. The lowest BCUT2D eigenvalue weighted by Crippen LogP contribution is -2.48. The average molecular weight is 329 g/mol. The Morgan fingerprint density at radius 2 is 2.16 bits per heavy atom. The summed E-state index contributed by atoms with van der Waals surface area (Å²) in [4.78, 5) is 19.1. The number of hydrogen-bond acceptors (Lipinski definition) is 5. The summed E-state index contributed by atoms with van der Waals surface area (Å²) in [6, 6.07) is 1.54. The van der Waals surface area contributed by atoms with Gasteiger partial charge in [0.15, 0.2) is 0 Å². The van der Waals surface area contributed by atoms with E-state index in [9.17, 15) is 4.79 Å². The Labute approximate surface area is 125 Å². The molecule has 1 aromatic rings. The van der Waals surface area contributed by atoms with Crippen molar-refractivity contribution in [3.8, 4) is 5.88 Å². The van der Waals surface area contributed by atoms with Crippen molar-refractivity contribution < 1.29 is 14.3 Å². The highest BCUT2D eigenvalue weighted by atomic mass is 35.6. The zero-order valence-electron chi connectivity index (χ0n) is 10.2. The number of nitrogens with one attached hydrogen (secondary N) is 1. The number of alkyl carbamates (subject to hydrolysis) is 1. The van der Waals surface area contributed by atoms with Crippen LogP contribution in [0.25, 0.3) is 0 Å². The topological polar surface area (TPSA) is 73.3 Å². The summed E-state index contributed by atoms with van der Waals surface area (Å²) in [6.07, 6.45) is -0.708. The maximum absolute atomic E-state index is 11.3. The van der Waals surface area contributed by atoms with E-state index in [4.69, 9.17) is 44.3 Å². The zero-order valence-corrected chi connectivity index (χ0v) is 12.5. The summed E-state index contributed by atoms with van der Waals surface area (Å²) in [5, 5.41) is 2.29. The smallest absolute Gasteiger partial charge is 0.410 e. The van der Waals surface area contributed by atoms with Crippen LogP contribution in [0.15, 0.2) is 12.4 Å². The second kappa shape index (κ2) is 6.98. The van der Waals surface area contributed by atoms with Gasteiger partial charge in [-0.25, -0.2) is 14.8 Å². The molecule has 1 atom stereocenters. The van der Waals surface area contributed by atoms with Gasteiger partial charge in [0.05, 0.1) is 6.61 Å². The van der Waals surface area contributed by atoms with Crippen molar-refractivity contribution >= 4 is 40.9 Å². The second-order valence-electron chi connectivity index (χ2n) is 3.40. The number of carbonyl (C=O) groups excluding carboxylic acids is 1. The first kappa shape index (κ1) is 16.1. The predicted octanol–water partition coefficient (Wildman–Crippen LogP) is 2.61. The molecule has 0 radical (unpaired) electrons. The van der Waals surface area contributed by atoms with Crippen LogP contribution in [0.4, 0.5) is 4.79 Å².